The number of Topliss-reactive ketones (excluding diaryl/α,β-unsaturated/α-hetero) is 1. The first-order chi connectivity index (χ1) is 17.1. The van der Waals surface area contributed by atoms with Gasteiger partial charge in [0.2, 0.25) is 0 Å². The molecule has 0 radical (unpaired) electrons. The molecule has 4 nitrogen and oxygen atoms in total. The van der Waals surface area contributed by atoms with Crippen LogP contribution in [0.2, 0.25) is 0 Å². The molecule has 8 heteroatoms. The number of hydrogen-bond acceptors (Lipinski definition) is 3. The second-order valence-corrected chi connectivity index (χ2v) is 8.62. The molecule has 0 N–H and O–H groups in total. The van der Waals surface area contributed by atoms with E-state index in [9.17, 15) is 27.2 Å². The molecule has 0 bridgehead atoms. The second kappa shape index (κ2) is 10.2. The summed E-state index contributed by atoms with van der Waals surface area (Å²) in [6.07, 6.45) is 2.77. The number of halogens is 4. The molecule has 0 aliphatic carbocycles. The Labute approximate surface area is 205 Å². The maximum absolute atomic E-state index is 13.7. The summed E-state index contributed by atoms with van der Waals surface area (Å²) in [5.74, 6) is -4.97. The van der Waals surface area contributed by atoms with E-state index >= 15 is 0 Å². The summed E-state index contributed by atoms with van der Waals surface area (Å²) < 4.78 is 54.2. The molecule has 3 aromatic rings. The number of likely N-dealkylation sites (tertiary alicyclic amines) is 1. The van der Waals surface area contributed by atoms with Gasteiger partial charge in [0.05, 0.1) is 13.1 Å². The molecule has 184 valence electrons. The molecule has 1 saturated heterocycles. The molecule has 0 saturated carbocycles. The van der Waals surface area contributed by atoms with Crippen LogP contribution in [0.4, 0.5) is 23.2 Å². The third kappa shape index (κ3) is 5.38. The lowest BCUT2D eigenvalue weighted by molar-refractivity contribution is -0.113. The van der Waals surface area contributed by atoms with Crippen LogP contribution in [-0.2, 0) is 4.79 Å². The van der Waals surface area contributed by atoms with Crippen molar-refractivity contribution in [3.8, 4) is 0 Å². The molecule has 3 aromatic carbocycles. The summed E-state index contributed by atoms with van der Waals surface area (Å²) in [5.41, 5.74) is 2.12. The summed E-state index contributed by atoms with van der Waals surface area (Å²) in [5, 5.41) is 0. The fourth-order valence-corrected chi connectivity index (χ4v) is 3.87. The minimum atomic E-state index is -1.07. The molecular formula is C28H22F4N2O2. The van der Waals surface area contributed by atoms with Gasteiger partial charge in [-0.15, -0.1) is 0 Å². The van der Waals surface area contributed by atoms with Gasteiger partial charge in [0.1, 0.15) is 0 Å². The minimum Gasteiger partial charge on any atom is -0.378 e. The van der Waals surface area contributed by atoms with E-state index in [1.165, 1.54) is 29.2 Å². The fraction of sp³-hybridized carbons (Fsp3) is 0.143. The molecule has 36 heavy (non-hydrogen) atoms. The Morgan fingerprint density at radius 3 is 1.64 bits per heavy atom. The van der Waals surface area contributed by atoms with Crippen molar-refractivity contribution in [2.24, 2.45) is 0 Å². The topological polar surface area (TPSA) is 40.6 Å². The van der Waals surface area contributed by atoms with Crippen LogP contribution in [0, 0.1) is 23.3 Å². The second-order valence-electron chi connectivity index (χ2n) is 8.62. The highest BCUT2D eigenvalue weighted by Crippen LogP contribution is 2.25. The number of amides is 1. The Hall–Kier alpha value is -4.20. The van der Waals surface area contributed by atoms with Gasteiger partial charge in [-0.2, -0.15) is 0 Å². The number of ketones is 1. The van der Waals surface area contributed by atoms with Crippen molar-refractivity contribution in [2.45, 2.75) is 0 Å². The molecule has 1 aliphatic rings. The smallest absolute Gasteiger partial charge is 0.254 e. The van der Waals surface area contributed by atoms with Crippen molar-refractivity contribution in [3.05, 3.63) is 112 Å². The van der Waals surface area contributed by atoms with Gasteiger partial charge in [-0.3, -0.25) is 9.59 Å². The number of carbonyl (C=O) groups is 2. The van der Waals surface area contributed by atoms with Crippen molar-refractivity contribution >= 4 is 29.5 Å². The highest BCUT2D eigenvalue weighted by molar-refractivity contribution is 6.15. The number of piperidine rings is 1. The zero-order valence-electron chi connectivity index (χ0n) is 19.6. The van der Waals surface area contributed by atoms with Crippen molar-refractivity contribution in [1.82, 2.24) is 4.90 Å². The van der Waals surface area contributed by atoms with Crippen molar-refractivity contribution in [1.29, 1.82) is 0 Å². The molecule has 4 rings (SSSR count). The first-order valence-corrected chi connectivity index (χ1v) is 11.0. The monoisotopic (exact) mass is 494 g/mol. The largest absolute Gasteiger partial charge is 0.378 e. The molecule has 1 aliphatic heterocycles. The molecule has 1 fully saturated rings. The lowest BCUT2D eigenvalue weighted by Crippen LogP contribution is -2.41. The normalized spacial score (nSPS) is 16.1. The fourth-order valence-electron chi connectivity index (χ4n) is 3.87. The molecule has 0 aromatic heterocycles. The summed E-state index contributed by atoms with van der Waals surface area (Å²) >= 11 is 0. The Morgan fingerprint density at radius 2 is 1.22 bits per heavy atom. The van der Waals surface area contributed by atoms with Crippen LogP contribution in [0.3, 0.4) is 0 Å². The predicted molar refractivity (Wildman–Crippen MR) is 130 cm³/mol. The maximum atomic E-state index is 13.7. The van der Waals surface area contributed by atoms with Gasteiger partial charge in [-0.05, 0) is 71.8 Å². The number of nitrogens with zero attached hydrogens (tertiary/aromatic N) is 2. The SMILES string of the molecule is CN(C)c1ccc(C(=O)N2CC(=Cc3ccc(F)c(F)c3)C(=O)C(=Cc3ccc(F)c(F)c3)C2)cc1. The predicted octanol–water partition coefficient (Wildman–Crippen LogP) is 5.50. The van der Waals surface area contributed by atoms with Crippen LogP contribution in [0.1, 0.15) is 21.5 Å². The Morgan fingerprint density at radius 1 is 0.750 bits per heavy atom. The molecular weight excluding hydrogens is 472 g/mol. The van der Waals surface area contributed by atoms with Gasteiger partial charge in [0, 0.05) is 36.5 Å². The van der Waals surface area contributed by atoms with Crippen molar-refractivity contribution < 1.29 is 27.2 Å². The molecule has 1 amide bonds. The van der Waals surface area contributed by atoms with Crippen molar-refractivity contribution in [3.63, 3.8) is 0 Å². The highest BCUT2D eigenvalue weighted by Gasteiger charge is 2.30. The maximum Gasteiger partial charge on any atom is 0.254 e. The molecule has 0 unspecified atom stereocenters. The summed E-state index contributed by atoms with van der Waals surface area (Å²) in [6.45, 7) is -0.136. The molecule has 0 spiro atoms. The minimum absolute atomic E-state index is 0.0682. The zero-order valence-corrected chi connectivity index (χ0v) is 19.6. The van der Waals surface area contributed by atoms with E-state index in [-0.39, 0.29) is 41.3 Å². The average molecular weight is 494 g/mol. The van der Waals surface area contributed by atoms with Gasteiger partial charge in [-0.25, -0.2) is 17.6 Å². The van der Waals surface area contributed by atoms with E-state index in [0.29, 0.717) is 5.56 Å². The van der Waals surface area contributed by atoms with Gasteiger partial charge < -0.3 is 9.80 Å². The molecule has 0 atom stereocenters. The summed E-state index contributed by atoms with van der Waals surface area (Å²) in [6, 6.07) is 13.4. The third-order valence-corrected chi connectivity index (χ3v) is 5.79. The van der Waals surface area contributed by atoms with Crippen LogP contribution >= 0.6 is 0 Å². The Balaban J connectivity index is 1.73. The van der Waals surface area contributed by atoms with Gasteiger partial charge >= 0.3 is 0 Å². The third-order valence-electron chi connectivity index (χ3n) is 5.79. The first-order valence-electron chi connectivity index (χ1n) is 11.0. The van der Waals surface area contributed by atoms with Crippen LogP contribution < -0.4 is 4.90 Å². The molecule has 1 heterocycles. The van der Waals surface area contributed by atoms with E-state index in [0.717, 1.165) is 30.0 Å². The number of rotatable bonds is 4. The quantitative estimate of drug-likeness (QED) is 0.355. The Kier molecular flexibility index (Phi) is 7.05. The highest BCUT2D eigenvalue weighted by atomic mass is 19.2. The van der Waals surface area contributed by atoms with Crippen LogP contribution in [0.5, 0.6) is 0 Å². The van der Waals surface area contributed by atoms with Crippen molar-refractivity contribution in [2.75, 3.05) is 32.1 Å². The number of carbonyl (C=O) groups excluding carboxylic acids is 2. The zero-order chi connectivity index (χ0) is 26.0. The van der Waals surface area contributed by atoms with Gasteiger partial charge in [0.15, 0.2) is 29.1 Å². The lowest BCUT2D eigenvalue weighted by Gasteiger charge is -2.30. The number of benzene rings is 3. The lowest BCUT2D eigenvalue weighted by atomic mass is 9.93. The van der Waals surface area contributed by atoms with E-state index in [2.05, 4.69) is 0 Å². The van der Waals surface area contributed by atoms with Gasteiger partial charge in [-0.1, -0.05) is 12.1 Å². The number of hydrogen-bond donors (Lipinski definition) is 0. The summed E-state index contributed by atoms with van der Waals surface area (Å²) in [4.78, 5) is 29.9. The standard InChI is InChI=1S/C28H22F4N2O2/c1-33(2)22-7-5-19(6-8-22)28(36)34-15-20(11-17-3-9-23(29)25(31)13-17)27(35)21(16-34)12-18-4-10-24(30)26(32)14-18/h3-14H,15-16H2,1-2H3. The van der Waals surface area contributed by atoms with E-state index < -0.39 is 29.1 Å². The summed E-state index contributed by atoms with van der Waals surface area (Å²) in [7, 11) is 3.75. The van der Waals surface area contributed by atoms with E-state index in [1.54, 1.807) is 24.3 Å². The van der Waals surface area contributed by atoms with E-state index in [4.69, 9.17) is 0 Å². The van der Waals surface area contributed by atoms with E-state index in [1.807, 2.05) is 19.0 Å². The first kappa shape index (κ1) is 24.9. The van der Waals surface area contributed by atoms with Crippen LogP contribution in [0.25, 0.3) is 12.2 Å². The average Bonchev–Trinajstić information content (AvgIpc) is 2.85. The van der Waals surface area contributed by atoms with Crippen LogP contribution in [-0.4, -0.2) is 43.8 Å². The number of anilines is 1. The van der Waals surface area contributed by atoms with Gasteiger partial charge in [0.25, 0.3) is 5.91 Å². The van der Waals surface area contributed by atoms with Crippen LogP contribution in [0.15, 0.2) is 71.8 Å². The Bertz CT molecular complexity index is 1320.